The van der Waals surface area contributed by atoms with Crippen molar-refractivity contribution < 1.29 is 71.6 Å². The van der Waals surface area contributed by atoms with E-state index in [-0.39, 0.29) is 159 Å². The summed E-state index contributed by atoms with van der Waals surface area (Å²) in [6, 6.07) is -0.969. The van der Waals surface area contributed by atoms with E-state index < -0.39 is 23.8 Å². The molecule has 0 aromatic heterocycles. The third-order valence-corrected chi connectivity index (χ3v) is 21.0. The van der Waals surface area contributed by atoms with E-state index in [1.165, 1.54) is 86.8 Å². The third kappa shape index (κ3) is 83.9. The number of carbonyl (C=O) groups is 9. The van der Waals surface area contributed by atoms with E-state index in [2.05, 4.69) is 141 Å². The van der Waals surface area contributed by atoms with Crippen LogP contribution in [0.25, 0.3) is 0 Å². The molecule has 0 heterocycles. The molecule has 700 valence electrons. The molecule has 0 saturated carbocycles. The third-order valence-electron chi connectivity index (χ3n) is 21.0. The van der Waals surface area contributed by atoms with Crippen LogP contribution in [0.5, 0.6) is 0 Å². The molecule has 0 rings (SSSR count). The van der Waals surface area contributed by atoms with Gasteiger partial charge in [-0.1, -0.05) is 260 Å². The fourth-order valence-electron chi connectivity index (χ4n) is 13.5. The minimum atomic E-state index is -0.969. The van der Waals surface area contributed by atoms with Crippen LogP contribution >= 0.6 is 0 Å². The van der Waals surface area contributed by atoms with Crippen molar-refractivity contribution in [3.63, 3.8) is 0 Å². The van der Waals surface area contributed by atoms with Gasteiger partial charge in [0.15, 0.2) is 0 Å². The summed E-state index contributed by atoms with van der Waals surface area (Å²) in [6.07, 6.45) is 85.9. The van der Waals surface area contributed by atoms with Crippen LogP contribution < -0.4 is 16.0 Å². The number of nitrogens with one attached hydrogen (secondary N) is 3. The van der Waals surface area contributed by atoms with Gasteiger partial charge in [-0.25, -0.2) is 0 Å². The van der Waals surface area contributed by atoms with Crippen LogP contribution in [-0.2, 0) is 71.6 Å². The predicted molar refractivity (Wildman–Crippen MR) is 501 cm³/mol. The molecule has 1 atom stereocenters. The molecular weight excluding hydrogens is 1540 g/mol. The molecular formula is C102H177N5O15. The molecule has 0 radical (unpaired) electrons. The molecule has 0 unspecified atom stereocenters. The molecule has 0 spiro atoms. The van der Waals surface area contributed by atoms with Crippen LogP contribution in [0.4, 0.5) is 0 Å². The summed E-state index contributed by atoms with van der Waals surface area (Å²) in [4.78, 5) is 123. The van der Waals surface area contributed by atoms with E-state index >= 15 is 0 Å². The van der Waals surface area contributed by atoms with Crippen molar-refractivity contribution in [2.75, 3.05) is 92.1 Å². The SMILES string of the molecule is CCCCC/C=C\C/C=C\CCCCCCCC(=O)OCCN(CCOC(=O)CCCCCCC/C=C\C/C=C\CCCCC)C(=O)CCC(=O)NCCCC[C@H](NC(=O)CCC(=O)N(CCOC(=O)CCCCCCC/C=C\C/C=C\CCCCC)CCOC(=O)CCCCCCC/C=C\C/C=C\CCCCC)C(=O)NCCCOCCOCCC. The Morgan fingerprint density at radius 1 is 0.254 bits per heavy atom. The molecule has 0 bridgehead atoms. The van der Waals surface area contributed by atoms with Crippen molar-refractivity contribution >= 4 is 53.4 Å². The molecule has 0 aromatic rings. The van der Waals surface area contributed by atoms with Gasteiger partial charge < -0.3 is 54.2 Å². The summed E-state index contributed by atoms with van der Waals surface area (Å²) < 4.78 is 33.6. The molecule has 20 nitrogen and oxygen atoms in total. The lowest BCUT2D eigenvalue weighted by Gasteiger charge is -2.23. The van der Waals surface area contributed by atoms with Crippen molar-refractivity contribution in [1.82, 2.24) is 25.8 Å². The maximum atomic E-state index is 14.0. The first-order valence-electron chi connectivity index (χ1n) is 49.2. The van der Waals surface area contributed by atoms with Gasteiger partial charge in [0.1, 0.15) is 32.5 Å². The number of rotatable bonds is 90. The topological polar surface area (TPSA) is 252 Å². The van der Waals surface area contributed by atoms with Crippen LogP contribution in [0.1, 0.15) is 401 Å². The summed E-state index contributed by atoms with van der Waals surface area (Å²) in [5, 5.41) is 8.65. The molecule has 0 aliphatic carbocycles. The van der Waals surface area contributed by atoms with Gasteiger partial charge in [0.25, 0.3) is 0 Å². The average Bonchev–Trinajstić information content (AvgIpc) is 0.915. The molecule has 0 aliphatic heterocycles. The molecule has 0 aliphatic rings. The highest BCUT2D eigenvalue weighted by Gasteiger charge is 2.24. The van der Waals surface area contributed by atoms with E-state index in [0.29, 0.717) is 71.4 Å². The molecule has 5 amide bonds. The summed E-state index contributed by atoms with van der Waals surface area (Å²) in [7, 11) is 0. The molecule has 0 saturated heterocycles. The van der Waals surface area contributed by atoms with E-state index in [9.17, 15) is 43.2 Å². The molecule has 0 aromatic carbocycles. The Kier molecular flexibility index (Phi) is 87.9. The lowest BCUT2D eigenvalue weighted by atomic mass is 10.1. The largest absolute Gasteiger partial charge is 0.464 e. The van der Waals surface area contributed by atoms with Gasteiger partial charge in [0, 0.05) is 77.7 Å². The van der Waals surface area contributed by atoms with Gasteiger partial charge in [-0.3, -0.25) is 43.2 Å². The number of hydrogen-bond donors (Lipinski definition) is 3. The summed E-state index contributed by atoms with van der Waals surface area (Å²) >= 11 is 0. The van der Waals surface area contributed by atoms with Crippen LogP contribution in [0.15, 0.2) is 97.2 Å². The van der Waals surface area contributed by atoms with Crippen molar-refractivity contribution in [2.24, 2.45) is 0 Å². The van der Waals surface area contributed by atoms with Crippen LogP contribution in [-0.4, -0.2) is 161 Å². The zero-order valence-electron chi connectivity index (χ0n) is 78.0. The van der Waals surface area contributed by atoms with Crippen molar-refractivity contribution in [1.29, 1.82) is 0 Å². The highest BCUT2D eigenvalue weighted by molar-refractivity contribution is 5.89. The first-order chi connectivity index (χ1) is 59.8. The Labute approximate surface area is 742 Å². The van der Waals surface area contributed by atoms with Gasteiger partial charge in [-0.15, -0.1) is 0 Å². The number of hydrogen-bond acceptors (Lipinski definition) is 15. The van der Waals surface area contributed by atoms with Crippen LogP contribution in [0, 0.1) is 0 Å². The smallest absolute Gasteiger partial charge is 0.305 e. The number of ether oxygens (including phenoxy) is 6. The second kappa shape index (κ2) is 93.2. The zero-order valence-corrected chi connectivity index (χ0v) is 78.0. The van der Waals surface area contributed by atoms with E-state index in [0.717, 1.165) is 186 Å². The molecule has 0 fully saturated rings. The number of esters is 4. The van der Waals surface area contributed by atoms with E-state index in [4.69, 9.17) is 28.4 Å². The van der Waals surface area contributed by atoms with Crippen LogP contribution in [0.3, 0.4) is 0 Å². The summed E-state index contributed by atoms with van der Waals surface area (Å²) in [5.41, 5.74) is 0. The summed E-state index contributed by atoms with van der Waals surface area (Å²) in [6.45, 7) is 13.4. The Balaban J connectivity index is 5.81. The van der Waals surface area contributed by atoms with Crippen molar-refractivity contribution in [2.45, 2.75) is 407 Å². The second-order valence-electron chi connectivity index (χ2n) is 32.4. The fraction of sp³-hybridized carbons (Fsp3) is 0.755. The highest BCUT2D eigenvalue weighted by atomic mass is 16.5. The van der Waals surface area contributed by atoms with Gasteiger partial charge in [-0.05, 0) is 186 Å². The number of amides is 5. The number of carbonyl (C=O) groups excluding carboxylic acids is 9. The lowest BCUT2D eigenvalue weighted by molar-refractivity contribution is -0.148. The lowest BCUT2D eigenvalue weighted by Crippen LogP contribution is -2.47. The Hall–Kier alpha value is -6.93. The maximum Gasteiger partial charge on any atom is 0.305 e. The second-order valence-corrected chi connectivity index (χ2v) is 32.4. The summed E-state index contributed by atoms with van der Waals surface area (Å²) in [5.74, 6) is -3.42. The van der Waals surface area contributed by atoms with E-state index in [1.807, 2.05) is 6.92 Å². The van der Waals surface area contributed by atoms with Gasteiger partial charge in [0.2, 0.25) is 29.5 Å². The number of nitrogens with zero attached hydrogens (tertiary/aromatic N) is 2. The highest BCUT2D eigenvalue weighted by Crippen LogP contribution is 2.16. The predicted octanol–water partition coefficient (Wildman–Crippen LogP) is 23.4. The Morgan fingerprint density at radius 3 is 0.861 bits per heavy atom. The van der Waals surface area contributed by atoms with Gasteiger partial charge in [0.05, 0.1) is 39.4 Å². The molecule has 20 heteroatoms. The fourth-order valence-corrected chi connectivity index (χ4v) is 13.5. The first kappa shape index (κ1) is 115. The molecule has 122 heavy (non-hydrogen) atoms. The van der Waals surface area contributed by atoms with E-state index in [1.54, 1.807) is 0 Å². The molecule has 3 N–H and O–H groups in total. The van der Waals surface area contributed by atoms with Crippen molar-refractivity contribution in [3.05, 3.63) is 97.2 Å². The van der Waals surface area contributed by atoms with Crippen molar-refractivity contribution in [3.8, 4) is 0 Å². The maximum absolute atomic E-state index is 14.0. The zero-order chi connectivity index (χ0) is 88.8. The minimum Gasteiger partial charge on any atom is -0.464 e. The standard InChI is InChI=1S/C102H177N5O15/c1-6-11-15-19-23-27-31-35-39-43-47-51-55-59-63-71-98(112)119-87-81-106(82-88-120-99(113)72-64-60-56-52-48-44-40-36-32-28-24-20-16-12-7-2)96(110)77-75-94(108)103-79-68-67-70-93(102(116)104-80-69-86-118-92-91-117-85-10-5)105-95(109)76-78-97(111)107(83-89-121-100(114)73-65-61-57-53-49-45-41-37-33-29-25-21-17-13-8-3)84-90-122-101(115)74-66-62-58-54-50-46-42-38-34-30-26-22-18-14-9-4/h23-30,35-42,93H,6-22,31-34,43-92H2,1-5H3,(H,103,108)(H,104,116)(H,105,109)/b27-23-,28-24-,29-25-,30-26-,39-35-,40-36-,41-37-,42-38-/t93-/m0/s1. The first-order valence-corrected chi connectivity index (χ1v) is 49.2. The normalized spacial score (nSPS) is 12.1. The minimum absolute atomic E-state index is 0.0357. The van der Waals surface area contributed by atoms with Crippen LogP contribution in [0.2, 0.25) is 0 Å². The number of allylic oxidation sites excluding steroid dienone is 16. The number of unbranched alkanes of at least 4 members (excludes halogenated alkanes) is 33. The average molecular weight is 1710 g/mol. The van der Waals surface area contributed by atoms with Gasteiger partial charge >= 0.3 is 23.9 Å². The quantitative estimate of drug-likeness (QED) is 0.0222. The van der Waals surface area contributed by atoms with Gasteiger partial charge in [-0.2, -0.15) is 0 Å². The Morgan fingerprint density at radius 2 is 0.541 bits per heavy atom. The monoisotopic (exact) mass is 1710 g/mol. The Bertz CT molecular complexity index is 2650.